The Labute approximate surface area is 112 Å². The van der Waals surface area contributed by atoms with Gasteiger partial charge in [-0.2, -0.15) is 0 Å². The van der Waals surface area contributed by atoms with E-state index < -0.39 is 0 Å². The van der Waals surface area contributed by atoms with Gasteiger partial charge in [-0.3, -0.25) is 0 Å². The second-order valence-electron chi connectivity index (χ2n) is 4.26. The van der Waals surface area contributed by atoms with E-state index in [4.69, 9.17) is 5.11 Å². The second-order valence-corrected chi connectivity index (χ2v) is 5.69. The van der Waals surface area contributed by atoms with Crippen LogP contribution in [0.4, 0.5) is 0 Å². The summed E-state index contributed by atoms with van der Waals surface area (Å²) < 4.78 is 2.16. The lowest BCUT2D eigenvalue weighted by atomic mass is 10.2. The van der Waals surface area contributed by atoms with E-state index in [1.807, 2.05) is 25.4 Å². The Balaban J connectivity index is 1.99. The van der Waals surface area contributed by atoms with Crippen LogP contribution >= 0.6 is 11.8 Å². The van der Waals surface area contributed by atoms with E-state index in [0.29, 0.717) is 0 Å². The average molecular weight is 262 g/mol. The number of imidazole rings is 1. The number of nitrogens with zero attached hydrogens (tertiary/aromatic N) is 2. The van der Waals surface area contributed by atoms with E-state index in [9.17, 15) is 0 Å². The summed E-state index contributed by atoms with van der Waals surface area (Å²) in [4.78, 5) is 4.38. The Hall–Kier alpha value is -1.26. The minimum Gasteiger partial charge on any atom is -0.395 e. The molecule has 2 aromatic rings. The maximum absolute atomic E-state index is 9.02. The van der Waals surface area contributed by atoms with Crippen LogP contribution < -0.4 is 0 Å². The van der Waals surface area contributed by atoms with Crippen LogP contribution in [0.2, 0.25) is 0 Å². The first-order valence-corrected chi connectivity index (χ1v) is 7.11. The molecule has 1 atom stereocenters. The van der Waals surface area contributed by atoms with Crippen molar-refractivity contribution < 1.29 is 5.11 Å². The molecule has 1 aromatic heterocycles. The lowest BCUT2D eigenvalue weighted by Gasteiger charge is -2.10. The highest BCUT2D eigenvalue weighted by atomic mass is 32.2. The van der Waals surface area contributed by atoms with Gasteiger partial charge in [-0.05, 0) is 5.56 Å². The summed E-state index contributed by atoms with van der Waals surface area (Å²) in [6, 6.07) is 10.4. The largest absolute Gasteiger partial charge is 0.395 e. The number of hydrogen-bond acceptors (Lipinski definition) is 3. The molecule has 0 aliphatic heterocycles. The highest BCUT2D eigenvalue weighted by molar-refractivity contribution is 7.99. The maximum atomic E-state index is 9.02. The van der Waals surface area contributed by atoms with Crippen molar-refractivity contribution in [1.82, 2.24) is 9.55 Å². The molecular formula is C14H18N2OS. The maximum Gasteiger partial charge on any atom is 0.118 e. The fourth-order valence-electron chi connectivity index (χ4n) is 1.67. The fraction of sp³-hybridized carbons (Fsp3) is 0.357. The molecule has 0 amide bonds. The Morgan fingerprint density at radius 2 is 2.11 bits per heavy atom. The Bertz CT molecular complexity index is 470. The zero-order chi connectivity index (χ0) is 12.8. The van der Waals surface area contributed by atoms with Crippen LogP contribution in [0, 0.1) is 0 Å². The molecule has 0 aliphatic rings. The number of benzene rings is 1. The summed E-state index contributed by atoms with van der Waals surface area (Å²) in [5, 5.41) is 9.28. The smallest absolute Gasteiger partial charge is 0.118 e. The Kier molecular flexibility index (Phi) is 4.84. The molecule has 3 nitrogen and oxygen atoms in total. The van der Waals surface area contributed by atoms with Crippen LogP contribution in [0.25, 0.3) is 0 Å². The van der Waals surface area contributed by atoms with E-state index in [1.54, 1.807) is 11.8 Å². The number of hydrogen-bond donors (Lipinski definition) is 1. The topological polar surface area (TPSA) is 38.1 Å². The number of aromatic nitrogens is 2. The van der Waals surface area contributed by atoms with Crippen molar-refractivity contribution >= 4 is 11.8 Å². The average Bonchev–Trinajstić information content (AvgIpc) is 2.84. The van der Waals surface area contributed by atoms with Crippen molar-refractivity contribution in [2.24, 2.45) is 0 Å². The van der Waals surface area contributed by atoms with Gasteiger partial charge in [0.2, 0.25) is 0 Å². The highest BCUT2D eigenvalue weighted by Gasteiger charge is 2.06. The van der Waals surface area contributed by atoms with Gasteiger partial charge in [0.1, 0.15) is 5.82 Å². The first kappa shape index (κ1) is 13.2. The summed E-state index contributed by atoms with van der Waals surface area (Å²) in [6.45, 7) is 3.09. The van der Waals surface area contributed by atoms with Crippen LogP contribution in [0.15, 0.2) is 42.7 Å². The molecule has 96 valence electrons. The Morgan fingerprint density at radius 3 is 2.83 bits per heavy atom. The monoisotopic (exact) mass is 262 g/mol. The van der Waals surface area contributed by atoms with Gasteiger partial charge in [0, 0.05) is 24.2 Å². The predicted octanol–water partition coefficient (Wildman–Crippen LogP) is 2.55. The normalized spacial score (nSPS) is 12.6. The van der Waals surface area contributed by atoms with Crippen LogP contribution in [-0.4, -0.2) is 26.5 Å². The molecule has 4 heteroatoms. The van der Waals surface area contributed by atoms with E-state index >= 15 is 0 Å². The molecule has 1 aromatic carbocycles. The van der Waals surface area contributed by atoms with Gasteiger partial charge in [-0.1, -0.05) is 37.3 Å². The molecular weight excluding hydrogens is 244 g/mol. The van der Waals surface area contributed by atoms with Gasteiger partial charge in [-0.15, -0.1) is 11.8 Å². The second kappa shape index (κ2) is 6.61. The van der Waals surface area contributed by atoms with Gasteiger partial charge in [0.15, 0.2) is 0 Å². The van der Waals surface area contributed by atoms with Gasteiger partial charge in [0.25, 0.3) is 0 Å². The third-order valence-electron chi connectivity index (χ3n) is 2.75. The van der Waals surface area contributed by atoms with Crippen LogP contribution in [0.5, 0.6) is 0 Å². The summed E-state index contributed by atoms with van der Waals surface area (Å²) in [5.74, 6) is 1.89. The number of aliphatic hydroxyl groups excluding tert-OH is 1. The molecule has 0 bridgehead atoms. The quantitative estimate of drug-likeness (QED) is 0.869. The minimum absolute atomic E-state index is 0.212. The summed E-state index contributed by atoms with van der Waals surface area (Å²) >= 11 is 1.73. The van der Waals surface area contributed by atoms with E-state index in [-0.39, 0.29) is 11.9 Å². The standard InChI is InChI=1S/C14H18N2OS/c1-12(10-17)18-11-14-15-7-8-16(14)9-13-5-3-2-4-6-13/h2-8,12,17H,9-11H2,1H3/t12-/m1/s1. The molecule has 0 radical (unpaired) electrons. The highest BCUT2D eigenvalue weighted by Crippen LogP contribution is 2.17. The van der Waals surface area contributed by atoms with Crippen LogP contribution in [-0.2, 0) is 12.3 Å². The SMILES string of the molecule is C[C@H](CO)SCc1nccn1Cc1ccccc1. The summed E-state index contributed by atoms with van der Waals surface area (Å²) in [6.07, 6.45) is 3.84. The van der Waals surface area contributed by atoms with Gasteiger partial charge in [0.05, 0.1) is 12.4 Å². The summed E-state index contributed by atoms with van der Waals surface area (Å²) in [7, 11) is 0. The molecule has 0 unspecified atom stereocenters. The van der Waals surface area contributed by atoms with Crippen molar-refractivity contribution in [3.63, 3.8) is 0 Å². The Morgan fingerprint density at radius 1 is 1.33 bits per heavy atom. The first-order chi connectivity index (χ1) is 8.79. The zero-order valence-corrected chi connectivity index (χ0v) is 11.3. The molecule has 18 heavy (non-hydrogen) atoms. The zero-order valence-electron chi connectivity index (χ0n) is 10.5. The van der Waals surface area contributed by atoms with Crippen molar-refractivity contribution in [3.05, 3.63) is 54.1 Å². The molecule has 0 saturated heterocycles. The van der Waals surface area contributed by atoms with Gasteiger partial charge in [-0.25, -0.2) is 4.98 Å². The minimum atomic E-state index is 0.212. The number of rotatable bonds is 6. The predicted molar refractivity (Wildman–Crippen MR) is 75.6 cm³/mol. The fourth-order valence-corrected chi connectivity index (χ4v) is 2.45. The third-order valence-corrected chi connectivity index (χ3v) is 3.89. The lowest BCUT2D eigenvalue weighted by molar-refractivity contribution is 0.300. The number of thioether (sulfide) groups is 1. The van der Waals surface area contributed by atoms with Crippen molar-refractivity contribution in [2.45, 2.75) is 24.5 Å². The molecule has 1 heterocycles. The van der Waals surface area contributed by atoms with E-state index in [1.165, 1.54) is 5.56 Å². The van der Waals surface area contributed by atoms with Crippen molar-refractivity contribution in [1.29, 1.82) is 0 Å². The van der Waals surface area contributed by atoms with Gasteiger partial charge >= 0.3 is 0 Å². The third kappa shape index (κ3) is 3.62. The van der Waals surface area contributed by atoms with Crippen LogP contribution in [0.1, 0.15) is 18.3 Å². The molecule has 1 N–H and O–H groups in total. The van der Waals surface area contributed by atoms with Crippen molar-refractivity contribution in [3.8, 4) is 0 Å². The molecule has 0 fully saturated rings. The molecule has 2 rings (SSSR count). The van der Waals surface area contributed by atoms with E-state index in [2.05, 4.69) is 33.8 Å². The number of aliphatic hydroxyl groups is 1. The van der Waals surface area contributed by atoms with Crippen LogP contribution in [0.3, 0.4) is 0 Å². The van der Waals surface area contributed by atoms with E-state index in [0.717, 1.165) is 18.1 Å². The first-order valence-electron chi connectivity index (χ1n) is 6.06. The van der Waals surface area contributed by atoms with Crippen molar-refractivity contribution in [2.75, 3.05) is 6.61 Å². The molecule has 0 saturated carbocycles. The molecule has 0 aliphatic carbocycles. The lowest BCUT2D eigenvalue weighted by Crippen LogP contribution is -2.07. The molecule has 0 spiro atoms. The van der Waals surface area contributed by atoms with Gasteiger partial charge < -0.3 is 9.67 Å². The summed E-state index contributed by atoms with van der Waals surface area (Å²) in [5.41, 5.74) is 1.27.